The molecule has 2 rings (SSSR count). The van der Waals surface area contributed by atoms with Crippen molar-refractivity contribution in [3.8, 4) is 0 Å². The Morgan fingerprint density at radius 2 is 1.79 bits per heavy atom. The number of nitrogens with one attached hydrogen (secondary N) is 2. The third-order valence-corrected chi connectivity index (χ3v) is 3.49. The highest BCUT2D eigenvalue weighted by atomic mass is 127. The van der Waals surface area contributed by atoms with E-state index in [0.29, 0.717) is 6.54 Å². The topological polar surface area (TPSA) is 67.1 Å². The van der Waals surface area contributed by atoms with Gasteiger partial charge in [0.1, 0.15) is 12.7 Å². The van der Waals surface area contributed by atoms with Crippen molar-refractivity contribution < 1.29 is 0 Å². The van der Waals surface area contributed by atoms with E-state index in [1.807, 2.05) is 4.57 Å². The minimum Gasteiger partial charge on any atom is -0.357 e. The maximum atomic E-state index is 4.63. The summed E-state index contributed by atoms with van der Waals surface area (Å²) in [6, 6.07) is 8.50. The number of halogens is 1. The summed E-state index contributed by atoms with van der Waals surface area (Å²) < 4.78 is 2.00. The Bertz CT molecular complexity index is 580. The van der Waals surface area contributed by atoms with E-state index in [1.165, 1.54) is 11.1 Å². The maximum absolute atomic E-state index is 4.63. The number of benzene rings is 1. The molecule has 2 aromatic rings. The normalized spacial score (nSPS) is 11.0. The molecule has 0 aliphatic rings. The first-order valence-electron chi connectivity index (χ1n) is 8.18. The van der Waals surface area contributed by atoms with Gasteiger partial charge in [0, 0.05) is 19.6 Å². The molecule has 0 atom stereocenters. The monoisotopic (exact) mass is 442 g/mol. The fraction of sp³-hybridized carbons (Fsp3) is 0.471. The van der Waals surface area contributed by atoms with Crippen LogP contribution in [0, 0.1) is 6.92 Å². The highest BCUT2D eigenvalue weighted by molar-refractivity contribution is 14.0. The predicted octanol–water partition coefficient (Wildman–Crippen LogP) is 2.74. The van der Waals surface area contributed by atoms with Crippen LogP contribution in [0.2, 0.25) is 0 Å². The van der Waals surface area contributed by atoms with Crippen molar-refractivity contribution in [2.24, 2.45) is 4.99 Å². The van der Waals surface area contributed by atoms with Crippen LogP contribution in [0.4, 0.5) is 0 Å². The summed E-state index contributed by atoms with van der Waals surface area (Å²) >= 11 is 0. The van der Waals surface area contributed by atoms with E-state index in [2.05, 4.69) is 63.9 Å². The average molecular weight is 442 g/mol. The zero-order valence-corrected chi connectivity index (χ0v) is 16.7. The Labute approximate surface area is 161 Å². The van der Waals surface area contributed by atoms with Crippen LogP contribution in [0.1, 0.15) is 30.9 Å². The quantitative estimate of drug-likeness (QED) is 0.286. The van der Waals surface area contributed by atoms with Crippen molar-refractivity contribution in [2.75, 3.05) is 13.1 Å². The minimum atomic E-state index is 0. The van der Waals surface area contributed by atoms with Gasteiger partial charge >= 0.3 is 0 Å². The van der Waals surface area contributed by atoms with Gasteiger partial charge in [0.2, 0.25) is 0 Å². The second-order valence-corrected chi connectivity index (χ2v) is 5.51. The van der Waals surface area contributed by atoms with Crippen LogP contribution in [-0.2, 0) is 13.1 Å². The van der Waals surface area contributed by atoms with Crippen molar-refractivity contribution in [1.29, 1.82) is 0 Å². The van der Waals surface area contributed by atoms with Crippen molar-refractivity contribution in [3.05, 3.63) is 48.0 Å². The zero-order valence-electron chi connectivity index (χ0n) is 14.4. The van der Waals surface area contributed by atoms with E-state index >= 15 is 0 Å². The van der Waals surface area contributed by atoms with Gasteiger partial charge in [0.05, 0.1) is 6.54 Å². The fourth-order valence-corrected chi connectivity index (χ4v) is 2.17. The van der Waals surface area contributed by atoms with E-state index in [4.69, 9.17) is 0 Å². The number of hydrogen-bond acceptors (Lipinski definition) is 3. The summed E-state index contributed by atoms with van der Waals surface area (Å²) in [5, 5.41) is 14.3. The van der Waals surface area contributed by atoms with Gasteiger partial charge in [0.25, 0.3) is 0 Å². The third kappa shape index (κ3) is 7.76. The molecule has 0 unspecified atom stereocenters. The second kappa shape index (κ2) is 11.8. The van der Waals surface area contributed by atoms with Gasteiger partial charge in [0.15, 0.2) is 5.96 Å². The number of guanidine groups is 1. The molecule has 6 nitrogen and oxygen atoms in total. The number of nitrogens with zero attached hydrogens (tertiary/aromatic N) is 4. The van der Waals surface area contributed by atoms with Gasteiger partial charge in [-0.25, -0.2) is 4.99 Å². The molecule has 2 N–H and O–H groups in total. The molecule has 1 aromatic carbocycles. The van der Waals surface area contributed by atoms with Gasteiger partial charge in [-0.05, 0) is 32.3 Å². The molecule has 0 aliphatic carbocycles. The van der Waals surface area contributed by atoms with Crippen LogP contribution in [0.25, 0.3) is 0 Å². The molecule has 132 valence electrons. The Morgan fingerprint density at radius 3 is 2.46 bits per heavy atom. The smallest absolute Gasteiger partial charge is 0.191 e. The summed E-state index contributed by atoms with van der Waals surface area (Å²) in [7, 11) is 0. The molecule has 24 heavy (non-hydrogen) atoms. The lowest BCUT2D eigenvalue weighted by Crippen LogP contribution is -2.37. The molecule has 1 aromatic heterocycles. The number of unbranched alkanes of at least 4 members (excludes halogenated alkanes) is 1. The predicted molar refractivity (Wildman–Crippen MR) is 109 cm³/mol. The minimum absolute atomic E-state index is 0. The first kappa shape index (κ1) is 20.4. The molecule has 0 saturated heterocycles. The Balaban J connectivity index is 0.00000288. The molecule has 0 fully saturated rings. The van der Waals surface area contributed by atoms with Gasteiger partial charge in [-0.15, -0.1) is 34.2 Å². The van der Waals surface area contributed by atoms with Crippen LogP contribution in [0.3, 0.4) is 0 Å². The molecule has 0 saturated carbocycles. The van der Waals surface area contributed by atoms with E-state index in [9.17, 15) is 0 Å². The van der Waals surface area contributed by atoms with Crippen molar-refractivity contribution in [3.63, 3.8) is 0 Å². The molecule has 0 bridgehead atoms. The summed E-state index contributed by atoms with van der Waals surface area (Å²) in [6.07, 6.45) is 5.66. The maximum Gasteiger partial charge on any atom is 0.191 e. The number of hydrogen-bond donors (Lipinski definition) is 2. The number of aliphatic imine (C=N–C) groups is 1. The molecule has 1 heterocycles. The van der Waals surface area contributed by atoms with E-state index in [0.717, 1.165) is 38.4 Å². The van der Waals surface area contributed by atoms with Crippen LogP contribution < -0.4 is 10.6 Å². The van der Waals surface area contributed by atoms with E-state index in [1.54, 1.807) is 12.7 Å². The van der Waals surface area contributed by atoms with Crippen LogP contribution in [0.15, 0.2) is 41.9 Å². The summed E-state index contributed by atoms with van der Waals surface area (Å²) in [6.45, 7) is 7.58. The fourth-order valence-electron chi connectivity index (χ4n) is 2.17. The lowest BCUT2D eigenvalue weighted by Gasteiger charge is -2.11. The molecule has 0 radical (unpaired) electrons. The molecule has 7 heteroatoms. The summed E-state index contributed by atoms with van der Waals surface area (Å²) in [5.74, 6) is 0.873. The van der Waals surface area contributed by atoms with Crippen LogP contribution in [-0.4, -0.2) is 33.8 Å². The number of rotatable bonds is 8. The standard InChI is InChI=1S/C17H26N6.HI/c1-3-18-17(20-12-16-8-6-15(2)7-9-16)19-10-4-5-11-23-13-21-22-14-23;/h6-9,13-14H,3-5,10-12H2,1-2H3,(H2,18,19,20);1H. The van der Waals surface area contributed by atoms with Gasteiger partial charge in [-0.1, -0.05) is 29.8 Å². The molecule has 0 spiro atoms. The van der Waals surface area contributed by atoms with Crippen molar-refractivity contribution in [2.45, 2.75) is 39.8 Å². The zero-order chi connectivity index (χ0) is 16.3. The Hall–Kier alpha value is -1.64. The van der Waals surface area contributed by atoms with Crippen LogP contribution >= 0.6 is 24.0 Å². The summed E-state index contributed by atoms with van der Waals surface area (Å²) in [5.41, 5.74) is 2.50. The SMILES string of the molecule is CCNC(=NCc1ccc(C)cc1)NCCCCn1cnnc1.I. The van der Waals surface area contributed by atoms with Crippen molar-refractivity contribution in [1.82, 2.24) is 25.4 Å². The van der Waals surface area contributed by atoms with Gasteiger partial charge in [-0.3, -0.25) is 0 Å². The first-order chi connectivity index (χ1) is 11.3. The molecule has 0 amide bonds. The van der Waals surface area contributed by atoms with E-state index in [-0.39, 0.29) is 24.0 Å². The van der Waals surface area contributed by atoms with Gasteiger partial charge < -0.3 is 15.2 Å². The highest BCUT2D eigenvalue weighted by Crippen LogP contribution is 2.04. The largest absolute Gasteiger partial charge is 0.357 e. The Morgan fingerprint density at radius 1 is 1.08 bits per heavy atom. The Kier molecular flexibility index (Phi) is 10.1. The highest BCUT2D eigenvalue weighted by Gasteiger charge is 1.98. The molecular weight excluding hydrogens is 415 g/mol. The van der Waals surface area contributed by atoms with Gasteiger partial charge in [-0.2, -0.15) is 0 Å². The molecule has 0 aliphatic heterocycles. The lowest BCUT2D eigenvalue weighted by molar-refractivity contribution is 0.598. The number of aryl methyl sites for hydroxylation is 2. The summed E-state index contributed by atoms with van der Waals surface area (Å²) in [4.78, 5) is 4.63. The second-order valence-electron chi connectivity index (χ2n) is 5.51. The molecular formula is C17H27IN6. The third-order valence-electron chi connectivity index (χ3n) is 3.49. The number of aromatic nitrogens is 3. The van der Waals surface area contributed by atoms with Crippen LogP contribution in [0.5, 0.6) is 0 Å². The van der Waals surface area contributed by atoms with E-state index < -0.39 is 0 Å². The van der Waals surface area contributed by atoms with Crippen molar-refractivity contribution >= 4 is 29.9 Å². The average Bonchev–Trinajstić information content (AvgIpc) is 3.07. The first-order valence-corrected chi connectivity index (χ1v) is 8.18. The lowest BCUT2D eigenvalue weighted by atomic mass is 10.1.